The van der Waals surface area contributed by atoms with Gasteiger partial charge in [-0.3, -0.25) is 9.59 Å². The van der Waals surface area contributed by atoms with Gasteiger partial charge in [0.05, 0.1) is 0 Å². The Morgan fingerprint density at radius 2 is 2.00 bits per heavy atom. The molecule has 1 aliphatic carbocycles. The summed E-state index contributed by atoms with van der Waals surface area (Å²) >= 11 is 1.42. The minimum absolute atomic E-state index is 0.102. The van der Waals surface area contributed by atoms with Gasteiger partial charge in [0.1, 0.15) is 0 Å². The van der Waals surface area contributed by atoms with Gasteiger partial charge in [0.25, 0.3) is 5.56 Å². The number of aryl methyl sites for hydroxylation is 1. The standard InChI is InChI=1S/C19H29N3O2S/c1-13-15(18(24)21-19(20-13)25-2)10-11-17(23)22-12-6-9-16(22)14-7-4-3-5-8-14/h14,16H,3-12H2,1-2H3,(H,20,21,24). The van der Waals surface area contributed by atoms with Crippen molar-refractivity contribution >= 4 is 17.7 Å². The van der Waals surface area contributed by atoms with Crippen molar-refractivity contribution in [3.8, 4) is 0 Å². The lowest BCUT2D eigenvalue weighted by molar-refractivity contribution is -0.133. The van der Waals surface area contributed by atoms with Gasteiger partial charge in [-0.2, -0.15) is 0 Å². The van der Waals surface area contributed by atoms with E-state index in [1.165, 1.54) is 43.9 Å². The molecule has 3 rings (SSSR count). The van der Waals surface area contributed by atoms with Gasteiger partial charge in [-0.25, -0.2) is 4.98 Å². The summed E-state index contributed by atoms with van der Waals surface area (Å²) in [4.78, 5) is 34.3. The fraction of sp³-hybridized carbons (Fsp3) is 0.737. The van der Waals surface area contributed by atoms with Crippen molar-refractivity contribution in [2.45, 2.75) is 75.9 Å². The Morgan fingerprint density at radius 3 is 2.68 bits per heavy atom. The van der Waals surface area contributed by atoms with E-state index in [1.54, 1.807) is 0 Å². The second-order valence-electron chi connectivity index (χ2n) is 7.33. The predicted octanol–water partition coefficient (Wildman–Crippen LogP) is 3.30. The lowest BCUT2D eigenvalue weighted by Crippen LogP contribution is -2.41. The fourth-order valence-corrected chi connectivity index (χ4v) is 4.89. The van der Waals surface area contributed by atoms with Crippen molar-refractivity contribution in [2.75, 3.05) is 12.8 Å². The van der Waals surface area contributed by atoms with Crippen molar-refractivity contribution in [3.05, 3.63) is 21.6 Å². The lowest BCUT2D eigenvalue weighted by Gasteiger charge is -2.34. The van der Waals surface area contributed by atoms with E-state index in [4.69, 9.17) is 0 Å². The summed E-state index contributed by atoms with van der Waals surface area (Å²) < 4.78 is 0. The molecule has 1 saturated carbocycles. The highest BCUT2D eigenvalue weighted by Crippen LogP contribution is 2.34. The number of aromatic nitrogens is 2. The molecular weight excluding hydrogens is 334 g/mol. The molecule has 0 spiro atoms. The van der Waals surface area contributed by atoms with Crippen molar-refractivity contribution in [1.29, 1.82) is 0 Å². The van der Waals surface area contributed by atoms with Crippen LogP contribution in [0.25, 0.3) is 0 Å². The van der Waals surface area contributed by atoms with Crippen molar-refractivity contribution in [3.63, 3.8) is 0 Å². The van der Waals surface area contributed by atoms with Crippen molar-refractivity contribution in [1.82, 2.24) is 14.9 Å². The van der Waals surface area contributed by atoms with E-state index in [-0.39, 0.29) is 11.5 Å². The molecule has 2 fully saturated rings. The average Bonchev–Trinajstić information content (AvgIpc) is 3.11. The molecule has 1 amide bonds. The lowest BCUT2D eigenvalue weighted by atomic mass is 9.83. The molecule has 0 radical (unpaired) electrons. The zero-order chi connectivity index (χ0) is 17.8. The number of nitrogens with zero attached hydrogens (tertiary/aromatic N) is 2. The van der Waals surface area contributed by atoms with Gasteiger partial charge in [-0.15, -0.1) is 0 Å². The third-order valence-electron chi connectivity index (χ3n) is 5.80. The molecule has 1 aromatic rings. The quantitative estimate of drug-likeness (QED) is 0.644. The largest absolute Gasteiger partial charge is 0.339 e. The van der Waals surface area contributed by atoms with Crippen LogP contribution in [-0.4, -0.2) is 39.6 Å². The van der Waals surface area contributed by atoms with E-state index >= 15 is 0 Å². The number of hydrogen-bond acceptors (Lipinski definition) is 4. The van der Waals surface area contributed by atoms with Crippen LogP contribution in [-0.2, 0) is 11.2 Å². The van der Waals surface area contributed by atoms with E-state index < -0.39 is 0 Å². The zero-order valence-electron chi connectivity index (χ0n) is 15.3. The van der Waals surface area contributed by atoms with Gasteiger partial charge < -0.3 is 9.88 Å². The van der Waals surface area contributed by atoms with Gasteiger partial charge in [0.15, 0.2) is 5.16 Å². The van der Waals surface area contributed by atoms with Crippen LogP contribution in [0.5, 0.6) is 0 Å². The summed E-state index contributed by atoms with van der Waals surface area (Å²) in [5.74, 6) is 0.897. The maximum absolute atomic E-state index is 12.8. The first-order valence-electron chi connectivity index (χ1n) is 9.53. The number of aromatic amines is 1. The van der Waals surface area contributed by atoms with Crippen LogP contribution in [0.3, 0.4) is 0 Å². The molecule has 1 atom stereocenters. The number of carbonyl (C=O) groups excluding carboxylic acids is 1. The summed E-state index contributed by atoms with van der Waals surface area (Å²) in [5.41, 5.74) is 1.29. The predicted molar refractivity (Wildman–Crippen MR) is 101 cm³/mol. The Bertz CT molecular complexity index is 667. The Morgan fingerprint density at radius 1 is 1.24 bits per heavy atom. The first-order chi connectivity index (χ1) is 12.1. The van der Waals surface area contributed by atoms with Crippen molar-refractivity contribution < 1.29 is 4.79 Å². The zero-order valence-corrected chi connectivity index (χ0v) is 16.2. The highest BCUT2D eigenvalue weighted by atomic mass is 32.2. The number of carbonyl (C=O) groups is 1. The minimum atomic E-state index is -0.102. The van der Waals surface area contributed by atoms with Gasteiger partial charge >= 0.3 is 0 Å². The van der Waals surface area contributed by atoms with E-state index in [0.29, 0.717) is 35.5 Å². The van der Waals surface area contributed by atoms with Crippen LogP contribution in [0.1, 0.15) is 62.6 Å². The average molecular weight is 364 g/mol. The number of H-pyrrole nitrogens is 1. The molecule has 6 heteroatoms. The van der Waals surface area contributed by atoms with E-state index in [2.05, 4.69) is 14.9 Å². The third-order valence-corrected chi connectivity index (χ3v) is 6.38. The van der Waals surface area contributed by atoms with E-state index in [1.807, 2.05) is 13.2 Å². The fourth-order valence-electron chi connectivity index (χ4n) is 4.46. The van der Waals surface area contributed by atoms with Crippen LogP contribution in [0.15, 0.2) is 9.95 Å². The molecule has 1 unspecified atom stereocenters. The SMILES string of the molecule is CSc1nc(C)c(CCC(=O)N2CCCC2C2CCCCC2)c(=O)[nH]1. The number of hydrogen-bond donors (Lipinski definition) is 1. The number of rotatable bonds is 5. The third kappa shape index (κ3) is 4.27. The van der Waals surface area contributed by atoms with Crippen LogP contribution >= 0.6 is 11.8 Å². The molecule has 1 saturated heterocycles. The topological polar surface area (TPSA) is 66.1 Å². The minimum Gasteiger partial charge on any atom is -0.339 e. The first-order valence-corrected chi connectivity index (χ1v) is 10.8. The molecule has 5 nitrogen and oxygen atoms in total. The maximum Gasteiger partial charge on any atom is 0.254 e. The molecular formula is C19H29N3O2S. The molecule has 1 aliphatic heterocycles. The summed E-state index contributed by atoms with van der Waals surface area (Å²) in [6, 6.07) is 0.434. The molecule has 2 aliphatic rings. The summed E-state index contributed by atoms with van der Waals surface area (Å²) in [7, 11) is 0. The number of amides is 1. The highest BCUT2D eigenvalue weighted by molar-refractivity contribution is 7.98. The number of likely N-dealkylation sites (tertiary alicyclic amines) is 1. The number of nitrogens with one attached hydrogen (secondary N) is 1. The van der Waals surface area contributed by atoms with Gasteiger partial charge in [-0.05, 0) is 51.2 Å². The molecule has 1 N–H and O–H groups in total. The summed E-state index contributed by atoms with van der Waals surface area (Å²) in [6.07, 6.45) is 11.6. The number of thioether (sulfide) groups is 1. The van der Waals surface area contributed by atoms with Crippen molar-refractivity contribution in [2.24, 2.45) is 5.92 Å². The molecule has 138 valence electrons. The monoisotopic (exact) mass is 363 g/mol. The van der Waals surface area contributed by atoms with Gasteiger partial charge in [0, 0.05) is 30.3 Å². The normalized spacial score (nSPS) is 21.7. The highest BCUT2D eigenvalue weighted by Gasteiger charge is 2.34. The van der Waals surface area contributed by atoms with E-state index in [0.717, 1.165) is 25.1 Å². The first kappa shape index (κ1) is 18.5. The maximum atomic E-state index is 12.8. The Hall–Kier alpha value is -1.30. The van der Waals surface area contributed by atoms with Crippen LogP contribution in [0.4, 0.5) is 0 Å². The van der Waals surface area contributed by atoms with Gasteiger partial charge in [0.2, 0.25) is 5.91 Å². The van der Waals surface area contributed by atoms with Gasteiger partial charge in [-0.1, -0.05) is 31.0 Å². The van der Waals surface area contributed by atoms with Crippen LogP contribution in [0.2, 0.25) is 0 Å². The van der Waals surface area contributed by atoms with E-state index in [9.17, 15) is 9.59 Å². The Labute approximate surface area is 154 Å². The molecule has 2 heterocycles. The second kappa shape index (κ2) is 8.39. The molecule has 0 bridgehead atoms. The molecule has 1 aromatic heterocycles. The molecule has 25 heavy (non-hydrogen) atoms. The second-order valence-corrected chi connectivity index (χ2v) is 8.13. The smallest absolute Gasteiger partial charge is 0.254 e. The Balaban J connectivity index is 1.63. The van der Waals surface area contributed by atoms with Crippen LogP contribution in [0, 0.1) is 12.8 Å². The van der Waals surface area contributed by atoms with Crippen LogP contribution < -0.4 is 5.56 Å². The molecule has 0 aromatic carbocycles. The summed E-state index contributed by atoms with van der Waals surface area (Å²) in [6.45, 7) is 2.74. The summed E-state index contributed by atoms with van der Waals surface area (Å²) in [5, 5.41) is 0.634. The Kier molecular flexibility index (Phi) is 6.20.